The lowest BCUT2D eigenvalue weighted by Crippen LogP contribution is -2.39. The van der Waals surface area contributed by atoms with E-state index in [9.17, 15) is 9.18 Å². The predicted octanol–water partition coefficient (Wildman–Crippen LogP) is 0.675. The first kappa shape index (κ1) is 14.6. The van der Waals surface area contributed by atoms with Crippen LogP contribution in [0, 0.1) is 5.82 Å². The van der Waals surface area contributed by atoms with Crippen LogP contribution >= 0.6 is 0 Å². The molecule has 0 saturated carbocycles. The van der Waals surface area contributed by atoms with Gasteiger partial charge in [0.2, 0.25) is 5.91 Å². The lowest BCUT2D eigenvalue weighted by Gasteiger charge is -2.24. The highest BCUT2D eigenvalue weighted by Crippen LogP contribution is 2.07. The molecule has 0 atom stereocenters. The van der Waals surface area contributed by atoms with Crippen molar-refractivity contribution in [2.75, 3.05) is 33.7 Å². The van der Waals surface area contributed by atoms with Gasteiger partial charge in [-0.2, -0.15) is 0 Å². The van der Waals surface area contributed by atoms with Crippen LogP contribution in [0.25, 0.3) is 0 Å². The van der Waals surface area contributed by atoms with E-state index in [-0.39, 0.29) is 18.3 Å². The monoisotopic (exact) mass is 253 g/mol. The fourth-order valence-corrected chi connectivity index (χ4v) is 1.60. The van der Waals surface area contributed by atoms with Crippen LogP contribution in [0.1, 0.15) is 5.56 Å². The summed E-state index contributed by atoms with van der Waals surface area (Å²) in [6.45, 7) is 1.70. The Morgan fingerprint density at radius 2 is 2.06 bits per heavy atom. The second-order valence-electron chi connectivity index (χ2n) is 4.45. The SMILES string of the molecule is CN(C)CCN(Cc1cccc(F)c1)C(=O)CN. The Balaban J connectivity index is 2.68. The van der Waals surface area contributed by atoms with Crippen molar-refractivity contribution in [2.45, 2.75) is 6.54 Å². The average Bonchev–Trinajstić information content (AvgIpc) is 2.33. The van der Waals surface area contributed by atoms with Gasteiger partial charge in [-0.3, -0.25) is 4.79 Å². The Morgan fingerprint density at radius 1 is 1.33 bits per heavy atom. The van der Waals surface area contributed by atoms with E-state index < -0.39 is 0 Å². The van der Waals surface area contributed by atoms with Gasteiger partial charge < -0.3 is 15.5 Å². The van der Waals surface area contributed by atoms with Crippen molar-refractivity contribution < 1.29 is 9.18 Å². The number of benzene rings is 1. The standard InChI is InChI=1S/C13H20FN3O/c1-16(2)6-7-17(13(18)9-15)10-11-4-3-5-12(14)8-11/h3-5,8H,6-7,9-10,15H2,1-2H3. The zero-order valence-corrected chi connectivity index (χ0v) is 10.9. The van der Waals surface area contributed by atoms with Crippen LogP contribution in [-0.2, 0) is 11.3 Å². The molecule has 5 heteroatoms. The molecule has 0 spiro atoms. The number of rotatable bonds is 6. The highest BCUT2D eigenvalue weighted by Gasteiger charge is 2.12. The average molecular weight is 253 g/mol. The number of carbonyl (C=O) groups is 1. The topological polar surface area (TPSA) is 49.6 Å². The molecule has 0 fully saturated rings. The van der Waals surface area contributed by atoms with Crippen molar-refractivity contribution in [1.29, 1.82) is 0 Å². The van der Waals surface area contributed by atoms with Gasteiger partial charge in [-0.15, -0.1) is 0 Å². The Kier molecular flexibility index (Phi) is 5.74. The lowest BCUT2D eigenvalue weighted by molar-refractivity contribution is -0.130. The molecule has 0 aromatic heterocycles. The predicted molar refractivity (Wildman–Crippen MR) is 69.4 cm³/mol. The minimum Gasteiger partial charge on any atom is -0.336 e. The van der Waals surface area contributed by atoms with Crippen molar-refractivity contribution in [2.24, 2.45) is 5.73 Å². The minimum absolute atomic E-state index is 0.0251. The Labute approximate surface area is 107 Å². The number of nitrogens with zero attached hydrogens (tertiary/aromatic N) is 2. The molecule has 1 aromatic carbocycles. The molecule has 0 radical (unpaired) electrons. The molecule has 4 nitrogen and oxygen atoms in total. The number of hydrogen-bond donors (Lipinski definition) is 1. The molecule has 1 rings (SSSR count). The lowest BCUT2D eigenvalue weighted by atomic mass is 10.2. The van der Waals surface area contributed by atoms with Crippen LogP contribution in [0.15, 0.2) is 24.3 Å². The van der Waals surface area contributed by atoms with Gasteiger partial charge >= 0.3 is 0 Å². The van der Waals surface area contributed by atoms with Crippen molar-refractivity contribution >= 4 is 5.91 Å². The van der Waals surface area contributed by atoms with Gasteiger partial charge in [-0.1, -0.05) is 12.1 Å². The normalized spacial score (nSPS) is 10.7. The first-order valence-corrected chi connectivity index (χ1v) is 5.90. The van der Waals surface area contributed by atoms with Gasteiger partial charge in [0.1, 0.15) is 5.82 Å². The fourth-order valence-electron chi connectivity index (χ4n) is 1.60. The van der Waals surface area contributed by atoms with E-state index in [0.717, 1.165) is 12.1 Å². The number of likely N-dealkylation sites (N-methyl/N-ethyl adjacent to an activating group) is 1. The Bertz CT molecular complexity index is 396. The van der Waals surface area contributed by atoms with Crippen LogP contribution < -0.4 is 5.73 Å². The van der Waals surface area contributed by atoms with Gasteiger partial charge in [-0.25, -0.2) is 4.39 Å². The van der Waals surface area contributed by atoms with Gasteiger partial charge in [0, 0.05) is 19.6 Å². The third kappa shape index (κ3) is 4.81. The summed E-state index contributed by atoms with van der Waals surface area (Å²) in [5.41, 5.74) is 6.16. The number of nitrogens with two attached hydrogens (primary N) is 1. The maximum atomic E-state index is 13.1. The van der Waals surface area contributed by atoms with E-state index >= 15 is 0 Å². The summed E-state index contributed by atoms with van der Waals surface area (Å²) in [7, 11) is 3.88. The molecule has 0 aliphatic heterocycles. The molecule has 2 N–H and O–H groups in total. The van der Waals surface area contributed by atoms with Gasteiger partial charge in [0.15, 0.2) is 0 Å². The first-order chi connectivity index (χ1) is 8.52. The molecule has 0 unspecified atom stereocenters. The van der Waals surface area contributed by atoms with Crippen LogP contribution in [0.4, 0.5) is 4.39 Å². The number of amides is 1. The quantitative estimate of drug-likeness (QED) is 0.811. The summed E-state index contributed by atoms with van der Waals surface area (Å²) < 4.78 is 13.1. The summed E-state index contributed by atoms with van der Waals surface area (Å²) in [6, 6.07) is 6.27. The zero-order chi connectivity index (χ0) is 13.5. The smallest absolute Gasteiger partial charge is 0.236 e. The van der Waals surface area contributed by atoms with Crippen LogP contribution in [-0.4, -0.2) is 49.4 Å². The fraction of sp³-hybridized carbons (Fsp3) is 0.462. The highest BCUT2D eigenvalue weighted by molar-refractivity contribution is 5.78. The molecule has 0 saturated heterocycles. The van der Waals surface area contributed by atoms with Crippen molar-refractivity contribution in [3.05, 3.63) is 35.6 Å². The summed E-state index contributed by atoms with van der Waals surface area (Å²) in [5, 5.41) is 0. The summed E-state index contributed by atoms with van der Waals surface area (Å²) in [5.74, 6) is -0.415. The molecule has 100 valence electrons. The van der Waals surface area contributed by atoms with E-state index in [1.54, 1.807) is 17.0 Å². The van der Waals surface area contributed by atoms with Crippen molar-refractivity contribution in [3.63, 3.8) is 0 Å². The second-order valence-corrected chi connectivity index (χ2v) is 4.45. The van der Waals surface area contributed by atoms with Crippen molar-refractivity contribution in [3.8, 4) is 0 Å². The molecule has 1 amide bonds. The Hall–Kier alpha value is -1.46. The molecule has 18 heavy (non-hydrogen) atoms. The third-order valence-electron chi connectivity index (χ3n) is 2.61. The first-order valence-electron chi connectivity index (χ1n) is 5.90. The number of hydrogen-bond acceptors (Lipinski definition) is 3. The Morgan fingerprint density at radius 3 is 2.61 bits per heavy atom. The molecule has 0 aliphatic carbocycles. The maximum absolute atomic E-state index is 13.1. The van der Waals surface area contributed by atoms with Gasteiger partial charge in [0.25, 0.3) is 0 Å². The highest BCUT2D eigenvalue weighted by atomic mass is 19.1. The molecule has 1 aromatic rings. The summed E-state index contributed by atoms with van der Waals surface area (Å²) in [4.78, 5) is 15.3. The molecule has 0 bridgehead atoms. The third-order valence-corrected chi connectivity index (χ3v) is 2.61. The molecule has 0 heterocycles. The van der Waals surface area contributed by atoms with Crippen LogP contribution in [0.5, 0.6) is 0 Å². The molecular formula is C13H20FN3O. The van der Waals surface area contributed by atoms with E-state index in [0.29, 0.717) is 13.1 Å². The molecular weight excluding hydrogens is 233 g/mol. The zero-order valence-electron chi connectivity index (χ0n) is 10.9. The van der Waals surface area contributed by atoms with E-state index in [1.807, 2.05) is 19.0 Å². The maximum Gasteiger partial charge on any atom is 0.236 e. The minimum atomic E-state index is -0.291. The largest absolute Gasteiger partial charge is 0.336 e. The van der Waals surface area contributed by atoms with Crippen molar-refractivity contribution in [1.82, 2.24) is 9.80 Å². The summed E-state index contributed by atoms with van der Waals surface area (Å²) in [6.07, 6.45) is 0. The van der Waals surface area contributed by atoms with Crippen LogP contribution in [0.2, 0.25) is 0 Å². The summed E-state index contributed by atoms with van der Waals surface area (Å²) >= 11 is 0. The number of carbonyl (C=O) groups excluding carboxylic acids is 1. The van der Waals surface area contributed by atoms with Gasteiger partial charge in [0.05, 0.1) is 6.54 Å². The van der Waals surface area contributed by atoms with Crippen LogP contribution in [0.3, 0.4) is 0 Å². The second kappa shape index (κ2) is 7.08. The van der Waals surface area contributed by atoms with E-state index in [1.165, 1.54) is 12.1 Å². The molecule has 0 aliphatic rings. The number of halogens is 1. The van der Waals surface area contributed by atoms with E-state index in [4.69, 9.17) is 5.73 Å². The van der Waals surface area contributed by atoms with E-state index in [2.05, 4.69) is 0 Å². The van der Waals surface area contributed by atoms with Gasteiger partial charge in [-0.05, 0) is 31.8 Å².